The lowest BCUT2D eigenvalue weighted by Crippen LogP contribution is -2.32. The smallest absolute Gasteiger partial charge is 0.0952 e. The SMILES string of the molecule is CCn1cnc2c1C(c1ccccc1C)NCC2. The Labute approximate surface area is 108 Å². The van der Waals surface area contributed by atoms with Gasteiger partial charge in [-0.05, 0) is 25.0 Å². The van der Waals surface area contributed by atoms with Gasteiger partial charge in [-0.15, -0.1) is 0 Å². The van der Waals surface area contributed by atoms with E-state index in [1.807, 2.05) is 6.33 Å². The van der Waals surface area contributed by atoms with Gasteiger partial charge in [0.15, 0.2) is 0 Å². The van der Waals surface area contributed by atoms with Crippen LogP contribution in [0.2, 0.25) is 0 Å². The molecule has 1 unspecified atom stereocenters. The molecule has 0 saturated carbocycles. The van der Waals surface area contributed by atoms with Gasteiger partial charge >= 0.3 is 0 Å². The van der Waals surface area contributed by atoms with Crippen molar-refractivity contribution in [3.8, 4) is 0 Å². The minimum atomic E-state index is 0.289. The van der Waals surface area contributed by atoms with E-state index in [-0.39, 0.29) is 6.04 Å². The van der Waals surface area contributed by atoms with E-state index in [4.69, 9.17) is 0 Å². The minimum absolute atomic E-state index is 0.289. The molecule has 0 bridgehead atoms. The fraction of sp³-hybridized carbons (Fsp3) is 0.400. The fourth-order valence-corrected chi connectivity index (χ4v) is 2.81. The number of nitrogens with one attached hydrogen (secondary N) is 1. The molecule has 1 N–H and O–H groups in total. The predicted octanol–water partition coefficient (Wildman–Crippen LogP) is 2.45. The second-order valence-electron chi connectivity index (χ2n) is 4.86. The fourth-order valence-electron chi connectivity index (χ4n) is 2.81. The van der Waals surface area contributed by atoms with E-state index in [1.54, 1.807) is 0 Å². The summed E-state index contributed by atoms with van der Waals surface area (Å²) in [6.07, 6.45) is 3.01. The van der Waals surface area contributed by atoms with Crippen LogP contribution in [0, 0.1) is 6.92 Å². The molecular weight excluding hydrogens is 222 g/mol. The number of aromatic nitrogens is 2. The largest absolute Gasteiger partial charge is 0.333 e. The molecule has 0 spiro atoms. The molecule has 0 saturated heterocycles. The summed E-state index contributed by atoms with van der Waals surface area (Å²) in [5.74, 6) is 0. The van der Waals surface area contributed by atoms with Crippen LogP contribution < -0.4 is 5.32 Å². The topological polar surface area (TPSA) is 29.9 Å². The maximum atomic E-state index is 4.56. The molecule has 3 nitrogen and oxygen atoms in total. The Balaban J connectivity index is 2.11. The second kappa shape index (κ2) is 4.58. The van der Waals surface area contributed by atoms with Crippen molar-refractivity contribution in [3.05, 3.63) is 53.1 Å². The van der Waals surface area contributed by atoms with Crippen molar-refractivity contribution in [1.29, 1.82) is 0 Å². The number of imidazole rings is 1. The summed E-state index contributed by atoms with van der Waals surface area (Å²) in [5, 5.41) is 3.63. The molecule has 2 heterocycles. The second-order valence-corrected chi connectivity index (χ2v) is 4.86. The highest BCUT2D eigenvalue weighted by atomic mass is 15.1. The van der Waals surface area contributed by atoms with Crippen molar-refractivity contribution in [2.75, 3.05) is 6.54 Å². The average Bonchev–Trinajstić information content (AvgIpc) is 2.82. The summed E-state index contributed by atoms with van der Waals surface area (Å²) in [5.41, 5.74) is 5.31. The van der Waals surface area contributed by atoms with Crippen molar-refractivity contribution < 1.29 is 0 Å². The summed E-state index contributed by atoms with van der Waals surface area (Å²) in [4.78, 5) is 4.56. The summed E-state index contributed by atoms with van der Waals surface area (Å²) in [6, 6.07) is 8.90. The number of hydrogen-bond acceptors (Lipinski definition) is 2. The van der Waals surface area contributed by atoms with Crippen LogP contribution in [0.3, 0.4) is 0 Å². The number of rotatable bonds is 2. The zero-order chi connectivity index (χ0) is 12.5. The van der Waals surface area contributed by atoms with Gasteiger partial charge in [0, 0.05) is 19.5 Å². The summed E-state index contributed by atoms with van der Waals surface area (Å²) < 4.78 is 2.26. The standard InChI is InChI=1S/C15H19N3/c1-3-18-10-17-13-8-9-16-14(15(13)18)12-7-5-4-6-11(12)2/h4-7,10,14,16H,3,8-9H2,1-2H3. The van der Waals surface area contributed by atoms with E-state index in [2.05, 4.69) is 53.0 Å². The molecule has 1 aliphatic rings. The lowest BCUT2D eigenvalue weighted by Gasteiger charge is -2.27. The van der Waals surface area contributed by atoms with Crippen molar-refractivity contribution in [2.45, 2.75) is 32.9 Å². The maximum absolute atomic E-state index is 4.56. The molecule has 0 radical (unpaired) electrons. The summed E-state index contributed by atoms with van der Waals surface area (Å²) >= 11 is 0. The first kappa shape index (κ1) is 11.5. The molecule has 0 amide bonds. The van der Waals surface area contributed by atoms with Crippen molar-refractivity contribution in [3.63, 3.8) is 0 Å². The van der Waals surface area contributed by atoms with Gasteiger partial charge in [-0.25, -0.2) is 4.98 Å². The highest BCUT2D eigenvalue weighted by Gasteiger charge is 2.26. The van der Waals surface area contributed by atoms with E-state index in [0.717, 1.165) is 19.5 Å². The van der Waals surface area contributed by atoms with Gasteiger partial charge in [0.2, 0.25) is 0 Å². The Morgan fingerprint density at radius 2 is 2.22 bits per heavy atom. The Morgan fingerprint density at radius 1 is 1.39 bits per heavy atom. The van der Waals surface area contributed by atoms with E-state index >= 15 is 0 Å². The third kappa shape index (κ3) is 1.75. The van der Waals surface area contributed by atoms with Crippen LogP contribution in [-0.2, 0) is 13.0 Å². The average molecular weight is 241 g/mol. The number of aryl methyl sites for hydroxylation is 2. The summed E-state index contributed by atoms with van der Waals surface area (Å²) in [6.45, 7) is 6.34. The monoisotopic (exact) mass is 241 g/mol. The number of fused-ring (bicyclic) bond motifs is 1. The minimum Gasteiger partial charge on any atom is -0.333 e. The van der Waals surface area contributed by atoms with Crippen molar-refractivity contribution >= 4 is 0 Å². The van der Waals surface area contributed by atoms with Crippen LogP contribution in [0.25, 0.3) is 0 Å². The molecule has 18 heavy (non-hydrogen) atoms. The summed E-state index contributed by atoms with van der Waals surface area (Å²) in [7, 11) is 0. The first-order chi connectivity index (χ1) is 8.81. The lowest BCUT2D eigenvalue weighted by atomic mass is 9.94. The Bertz CT molecular complexity index is 543. The number of benzene rings is 1. The molecule has 0 fully saturated rings. The van der Waals surface area contributed by atoms with Crippen LogP contribution in [0.15, 0.2) is 30.6 Å². The zero-order valence-electron chi connectivity index (χ0n) is 11.0. The Morgan fingerprint density at radius 3 is 3.00 bits per heavy atom. The number of hydrogen-bond donors (Lipinski definition) is 1. The van der Waals surface area contributed by atoms with E-state index in [0.29, 0.717) is 0 Å². The van der Waals surface area contributed by atoms with Gasteiger partial charge in [0.05, 0.1) is 23.8 Å². The Hall–Kier alpha value is -1.61. The highest BCUT2D eigenvalue weighted by molar-refractivity contribution is 5.37. The molecular formula is C15H19N3. The van der Waals surface area contributed by atoms with E-state index < -0.39 is 0 Å². The molecule has 1 aromatic carbocycles. The normalized spacial score (nSPS) is 18.7. The van der Waals surface area contributed by atoms with Gasteiger partial charge < -0.3 is 9.88 Å². The van der Waals surface area contributed by atoms with Crippen LogP contribution in [0.4, 0.5) is 0 Å². The zero-order valence-corrected chi connectivity index (χ0v) is 11.0. The van der Waals surface area contributed by atoms with Crippen LogP contribution >= 0.6 is 0 Å². The van der Waals surface area contributed by atoms with Crippen LogP contribution in [0.5, 0.6) is 0 Å². The highest BCUT2D eigenvalue weighted by Crippen LogP contribution is 2.29. The molecule has 1 atom stereocenters. The van der Waals surface area contributed by atoms with E-state index in [1.165, 1.54) is 22.5 Å². The lowest BCUT2D eigenvalue weighted by molar-refractivity contribution is 0.522. The molecule has 1 aromatic heterocycles. The van der Waals surface area contributed by atoms with Gasteiger partial charge in [-0.3, -0.25) is 0 Å². The van der Waals surface area contributed by atoms with Crippen LogP contribution in [-0.4, -0.2) is 16.1 Å². The first-order valence-corrected chi connectivity index (χ1v) is 6.64. The van der Waals surface area contributed by atoms with Crippen molar-refractivity contribution in [1.82, 2.24) is 14.9 Å². The van der Waals surface area contributed by atoms with Crippen molar-refractivity contribution in [2.24, 2.45) is 0 Å². The third-order valence-corrected chi connectivity index (χ3v) is 3.78. The molecule has 1 aliphatic heterocycles. The molecule has 0 aliphatic carbocycles. The van der Waals surface area contributed by atoms with Gasteiger partial charge in [-0.1, -0.05) is 24.3 Å². The van der Waals surface area contributed by atoms with Crippen LogP contribution in [0.1, 0.15) is 35.5 Å². The quantitative estimate of drug-likeness (QED) is 0.875. The Kier molecular flexibility index (Phi) is 2.92. The van der Waals surface area contributed by atoms with Gasteiger partial charge in [-0.2, -0.15) is 0 Å². The molecule has 3 rings (SSSR count). The van der Waals surface area contributed by atoms with Gasteiger partial charge in [0.25, 0.3) is 0 Å². The molecule has 3 heteroatoms. The van der Waals surface area contributed by atoms with Gasteiger partial charge in [0.1, 0.15) is 0 Å². The first-order valence-electron chi connectivity index (χ1n) is 6.64. The third-order valence-electron chi connectivity index (χ3n) is 3.78. The molecule has 2 aromatic rings. The predicted molar refractivity (Wildman–Crippen MR) is 72.6 cm³/mol. The van der Waals surface area contributed by atoms with E-state index in [9.17, 15) is 0 Å². The number of nitrogens with zero attached hydrogens (tertiary/aromatic N) is 2. The maximum Gasteiger partial charge on any atom is 0.0952 e. The molecule has 94 valence electrons.